The van der Waals surface area contributed by atoms with Gasteiger partial charge in [0.25, 0.3) is 0 Å². The maximum atomic E-state index is 4.37. The van der Waals surface area contributed by atoms with Crippen molar-refractivity contribution in [2.45, 2.75) is 38.3 Å². The molecule has 0 radical (unpaired) electrons. The molecule has 0 amide bonds. The van der Waals surface area contributed by atoms with Crippen molar-refractivity contribution >= 4 is 0 Å². The zero-order valence-electron chi connectivity index (χ0n) is 11.3. The van der Waals surface area contributed by atoms with Gasteiger partial charge in [-0.05, 0) is 37.4 Å². The van der Waals surface area contributed by atoms with Gasteiger partial charge in [0.1, 0.15) is 12.2 Å². The molecule has 19 heavy (non-hydrogen) atoms. The summed E-state index contributed by atoms with van der Waals surface area (Å²) < 4.78 is 2.04. The number of nitrogens with zero attached hydrogens (tertiary/aromatic N) is 3. The summed E-state index contributed by atoms with van der Waals surface area (Å²) in [6.45, 7) is 1.71. The normalized spacial score (nSPS) is 18.3. The number of aromatic nitrogens is 3. The standard InChI is InChI=1S/C15H20N4/c1-16-9-15-17-11-18-19(15)10-13-7-4-6-12-5-2-3-8-14(12)13/h2-3,5,8,11,13,16H,4,6-7,9-10H2,1H3. The third kappa shape index (κ3) is 2.54. The van der Waals surface area contributed by atoms with Gasteiger partial charge in [0.05, 0.1) is 6.54 Å². The molecular formula is C15H20N4. The van der Waals surface area contributed by atoms with Crippen LogP contribution in [0.15, 0.2) is 30.6 Å². The third-order valence-electron chi connectivity index (χ3n) is 3.92. The van der Waals surface area contributed by atoms with Crippen LogP contribution in [0.1, 0.15) is 35.7 Å². The minimum Gasteiger partial charge on any atom is -0.313 e. The van der Waals surface area contributed by atoms with E-state index in [1.165, 1.54) is 30.4 Å². The Morgan fingerprint density at radius 3 is 3.16 bits per heavy atom. The highest BCUT2D eigenvalue weighted by atomic mass is 15.3. The number of benzene rings is 1. The Bertz CT molecular complexity index is 547. The van der Waals surface area contributed by atoms with Crippen LogP contribution in [-0.4, -0.2) is 21.8 Å². The van der Waals surface area contributed by atoms with Crippen LogP contribution in [0.4, 0.5) is 0 Å². The highest BCUT2D eigenvalue weighted by Gasteiger charge is 2.21. The minimum absolute atomic E-state index is 0.572. The fourth-order valence-corrected chi connectivity index (χ4v) is 2.99. The topological polar surface area (TPSA) is 42.7 Å². The number of hydrogen-bond donors (Lipinski definition) is 1. The molecule has 1 aliphatic rings. The molecule has 0 saturated heterocycles. The van der Waals surface area contributed by atoms with E-state index in [0.717, 1.165) is 18.9 Å². The van der Waals surface area contributed by atoms with Crippen molar-refractivity contribution in [3.05, 3.63) is 47.5 Å². The molecule has 3 rings (SSSR count). The molecular weight excluding hydrogens is 236 g/mol. The maximum absolute atomic E-state index is 4.37. The summed E-state index contributed by atoms with van der Waals surface area (Å²) in [7, 11) is 1.94. The molecule has 1 atom stereocenters. The summed E-state index contributed by atoms with van der Waals surface area (Å²) in [5, 5.41) is 7.51. The summed E-state index contributed by atoms with van der Waals surface area (Å²) in [6.07, 6.45) is 5.39. The van der Waals surface area contributed by atoms with Gasteiger partial charge in [0.2, 0.25) is 0 Å². The predicted octanol–water partition coefficient (Wildman–Crippen LogP) is 2.12. The van der Waals surface area contributed by atoms with E-state index in [2.05, 4.69) is 39.7 Å². The molecule has 1 aromatic carbocycles. The second kappa shape index (κ2) is 5.53. The van der Waals surface area contributed by atoms with Crippen molar-refractivity contribution < 1.29 is 0 Å². The molecule has 0 aliphatic heterocycles. The van der Waals surface area contributed by atoms with Crippen molar-refractivity contribution in [1.29, 1.82) is 0 Å². The van der Waals surface area contributed by atoms with Crippen molar-refractivity contribution in [2.24, 2.45) is 0 Å². The van der Waals surface area contributed by atoms with E-state index < -0.39 is 0 Å². The molecule has 100 valence electrons. The Kier molecular flexibility index (Phi) is 3.60. The Labute approximate surface area is 113 Å². The molecule has 1 aromatic heterocycles. The van der Waals surface area contributed by atoms with Gasteiger partial charge >= 0.3 is 0 Å². The van der Waals surface area contributed by atoms with Crippen LogP contribution in [0, 0.1) is 0 Å². The molecule has 0 saturated carbocycles. The molecule has 0 bridgehead atoms. The van der Waals surface area contributed by atoms with Gasteiger partial charge in [-0.15, -0.1) is 0 Å². The van der Waals surface area contributed by atoms with Crippen LogP contribution in [0.5, 0.6) is 0 Å². The van der Waals surface area contributed by atoms with Crippen molar-refractivity contribution in [3.8, 4) is 0 Å². The van der Waals surface area contributed by atoms with Gasteiger partial charge in [-0.3, -0.25) is 0 Å². The first-order chi connectivity index (χ1) is 9.38. The lowest BCUT2D eigenvalue weighted by Crippen LogP contribution is -2.20. The Morgan fingerprint density at radius 1 is 1.37 bits per heavy atom. The molecule has 1 N–H and O–H groups in total. The molecule has 2 aromatic rings. The lowest BCUT2D eigenvalue weighted by atomic mass is 9.83. The lowest BCUT2D eigenvalue weighted by molar-refractivity contribution is 0.442. The van der Waals surface area contributed by atoms with Gasteiger partial charge in [0, 0.05) is 12.5 Å². The van der Waals surface area contributed by atoms with E-state index in [1.54, 1.807) is 6.33 Å². The fraction of sp³-hybridized carbons (Fsp3) is 0.467. The number of aryl methyl sites for hydroxylation is 1. The van der Waals surface area contributed by atoms with Crippen molar-refractivity contribution in [3.63, 3.8) is 0 Å². The highest BCUT2D eigenvalue weighted by Crippen LogP contribution is 2.32. The number of nitrogens with one attached hydrogen (secondary N) is 1. The van der Waals surface area contributed by atoms with Gasteiger partial charge in [0.15, 0.2) is 0 Å². The second-order valence-corrected chi connectivity index (χ2v) is 5.18. The van der Waals surface area contributed by atoms with Gasteiger partial charge in [-0.1, -0.05) is 24.3 Å². The first kappa shape index (κ1) is 12.4. The fourth-order valence-electron chi connectivity index (χ4n) is 2.99. The zero-order valence-corrected chi connectivity index (χ0v) is 11.3. The average molecular weight is 256 g/mol. The minimum atomic E-state index is 0.572. The summed E-state index contributed by atoms with van der Waals surface area (Å²) in [5.74, 6) is 1.59. The second-order valence-electron chi connectivity index (χ2n) is 5.18. The molecule has 0 fully saturated rings. The Morgan fingerprint density at radius 2 is 2.26 bits per heavy atom. The van der Waals surface area contributed by atoms with Crippen molar-refractivity contribution in [2.75, 3.05) is 7.05 Å². The predicted molar refractivity (Wildman–Crippen MR) is 74.9 cm³/mol. The lowest BCUT2D eigenvalue weighted by Gasteiger charge is -2.25. The Balaban J connectivity index is 1.82. The maximum Gasteiger partial charge on any atom is 0.140 e. The smallest absolute Gasteiger partial charge is 0.140 e. The molecule has 4 nitrogen and oxygen atoms in total. The zero-order chi connectivity index (χ0) is 13.1. The van der Waals surface area contributed by atoms with Crippen LogP contribution < -0.4 is 5.32 Å². The largest absolute Gasteiger partial charge is 0.313 e. The Hall–Kier alpha value is -1.68. The molecule has 4 heteroatoms. The van der Waals surface area contributed by atoms with Gasteiger partial charge < -0.3 is 5.32 Å². The van der Waals surface area contributed by atoms with Gasteiger partial charge in [-0.25, -0.2) is 9.67 Å². The van der Waals surface area contributed by atoms with Crippen molar-refractivity contribution in [1.82, 2.24) is 20.1 Å². The molecule has 1 heterocycles. The molecule has 1 unspecified atom stereocenters. The monoisotopic (exact) mass is 256 g/mol. The third-order valence-corrected chi connectivity index (χ3v) is 3.92. The number of rotatable bonds is 4. The van der Waals surface area contributed by atoms with Crippen LogP contribution >= 0.6 is 0 Å². The average Bonchev–Trinajstić information content (AvgIpc) is 2.87. The number of fused-ring (bicyclic) bond motifs is 1. The van der Waals surface area contributed by atoms with E-state index in [4.69, 9.17) is 0 Å². The summed E-state index contributed by atoms with van der Waals surface area (Å²) >= 11 is 0. The van der Waals surface area contributed by atoms with Crippen LogP contribution in [-0.2, 0) is 19.5 Å². The summed E-state index contributed by atoms with van der Waals surface area (Å²) in [6, 6.07) is 8.82. The number of hydrogen-bond acceptors (Lipinski definition) is 3. The first-order valence-electron chi connectivity index (χ1n) is 6.97. The SMILES string of the molecule is CNCc1ncnn1CC1CCCc2ccccc21. The summed E-state index contributed by atoms with van der Waals surface area (Å²) in [4.78, 5) is 4.32. The molecule has 1 aliphatic carbocycles. The first-order valence-corrected chi connectivity index (χ1v) is 6.97. The quantitative estimate of drug-likeness (QED) is 0.911. The van der Waals surface area contributed by atoms with E-state index in [9.17, 15) is 0 Å². The van der Waals surface area contributed by atoms with E-state index >= 15 is 0 Å². The van der Waals surface area contributed by atoms with Gasteiger partial charge in [-0.2, -0.15) is 5.10 Å². The highest BCUT2D eigenvalue weighted by molar-refractivity contribution is 5.32. The van der Waals surface area contributed by atoms with E-state index in [0.29, 0.717) is 5.92 Å². The van der Waals surface area contributed by atoms with Crippen LogP contribution in [0.2, 0.25) is 0 Å². The van der Waals surface area contributed by atoms with E-state index in [1.807, 2.05) is 11.7 Å². The van der Waals surface area contributed by atoms with Crippen LogP contribution in [0.25, 0.3) is 0 Å². The van der Waals surface area contributed by atoms with Crippen LogP contribution in [0.3, 0.4) is 0 Å². The summed E-state index contributed by atoms with van der Waals surface area (Å²) in [5.41, 5.74) is 3.01. The van der Waals surface area contributed by atoms with E-state index in [-0.39, 0.29) is 0 Å². The molecule has 0 spiro atoms.